The van der Waals surface area contributed by atoms with Crippen LogP contribution in [-0.2, 0) is 0 Å². The van der Waals surface area contributed by atoms with Gasteiger partial charge in [0.1, 0.15) is 11.5 Å². The van der Waals surface area contributed by atoms with E-state index in [1.54, 1.807) is 20.3 Å². The smallest absolute Gasteiger partial charge is 0.120 e. The molecule has 2 aromatic rings. The van der Waals surface area contributed by atoms with E-state index in [4.69, 9.17) is 26.8 Å². The van der Waals surface area contributed by atoms with Crippen molar-refractivity contribution in [3.63, 3.8) is 0 Å². The molecule has 0 radical (unpaired) electrons. The first-order valence-electron chi connectivity index (χ1n) is 5.88. The zero-order valence-electron chi connectivity index (χ0n) is 10.9. The lowest BCUT2D eigenvalue weighted by Crippen LogP contribution is -2.12. The number of rotatable bonds is 4. The highest BCUT2D eigenvalue weighted by atomic mass is 35.5. The Kier molecular flexibility index (Phi) is 4.30. The molecule has 0 amide bonds. The van der Waals surface area contributed by atoms with Crippen LogP contribution in [-0.4, -0.2) is 14.2 Å². The van der Waals surface area contributed by atoms with Crippen molar-refractivity contribution in [3.8, 4) is 11.5 Å². The summed E-state index contributed by atoms with van der Waals surface area (Å²) < 4.78 is 10.2. The molecule has 1 atom stereocenters. The summed E-state index contributed by atoms with van der Waals surface area (Å²) in [5.74, 6) is 1.52. The molecular weight excluding hydrogens is 262 g/mol. The molecule has 4 heteroatoms. The second kappa shape index (κ2) is 5.95. The van der Waals surface area contributed by atoms with Gasteiger partial charge in [-0.1, -0.05) is 29.8 Å². The van der Waals surface area contributed by atoms with Crippen molar-refractivity contribution in [3.05, 3.63) is 58.6 Å². The monoisotopic (exact) mass is 277 g/mol. The number of nitrogens with two attached hydrogens (primary N) is 1. The Hall–Kier alpha value is -1.71. The van der Waals surface area contributed by atoms with Gasteiger partial charge in [0.25, 0.3) is 0 Å². The highest BCUT2D eigenvalue weighted by Gasteiger charge is 2.13. The predicted octanol–water partition coefficient (Wildman–Crippen LogP) is 3.41. The largest absolute Gasteiger partial charge is 0.497 e. The van der Waals surface area contributed by atoms with Crippen LogP contribution in [0.2, 0.25) is 5.02 Å². The highest BCUT2D eigenvalue weighted by Crippen LogP contribution is 2.30. The summed E-state index contributed by atoms with van der Waals surface area (Å²) >= 11 is 6.23. The number of ether oxygens (including phenoxy) is 2. The van der Waals surface area contributed by atoms with Crippen molar-refractivity contribution in [1.29, 1.82) is 0 Å². The molecule has 0 heterocycles. The second-order valence-corrected chi connectivity index (χ2v) is 4.55. The Labute approximate surface area is 117 Å². The van der Waals surface area contributed by atoms with E-state index in [-0.39, 0.29) is 6.04 Å². The van der Waals surface area contributed by atoms with Gasteiger partial charge in [-0.2, -0.15) is 0 Å². The van der Waals surface area contributed by atoms with E-state index in [9.17, 15) is 0 Å². The Morgan fingerprint density at radius 2 is 1.53 bits per heavy atom. The summed E-state index contributed by atoms with van der Waals surface area (Å²) in [5, 5.41) is 0.600. The maximum absolute atomic E-state index is 6.23. The van der Waals surface area contributed by atoms with Crippen LogP contribution in [0.15, 0.2) is 42.5 Å². The lowest BCUT2D eigenvalue weighted by atomic mass is 9.99. The molecule has 0 aliphatic heterocycles. The minimum Gasteiger partial charge on any atom is -0.497 e. The molecule has 19 heavy (non-hydrogen) atoms. The Morgan fingerprint density at radius 3 is 2.05 bits per heavy atom. The lowest BCUT2D eigenvalue weighted by Gasteiger charge is -2.15. The summed E-state index contributed by atoms with van der Waals surface area (Å²) in [6, 6.07) is 12.9. The molecule has 0 aliphatic carbocycles. The van der Waals surface area contributed by atoms with E-state index in [1.807, 2.05) is 36.4 Å². The van der Waals surface area contributed by atoms with Crippen molar-refractivity contribution in [2.24, 2.45) is 5.73 Å². The fraction of sp³-hybridized carbons (Fsp3) is 0.200. The average Bonchev–Trinajstić information content (AvgIpc) is 2.46. The predicted molar refractivity (Wildman–Crippen MR) is 77.0 cm³/mol. The van der Waals surface area contributed by atoms with Gasteiger partial charge in [0, 0.05) is 5.02 Å². The number of hydrogen-bond acceptors (Lipinski definition) is 3. The molecule has 0 aromatic heterocycles. The molecule has 0 saturated heterocycles. The number of hydrogen-bond donors (Lipinski definition) is 1. The molecule has 100 valence electrons. The first-order chi connectivity index (χ1) is 9.15. The molecule has 0 spiro atoms. The van der Waals surface area contributed by atoms with Gasteiger partial charge < -0.3 is 15.2 Å². The molecule has 3 nitrogen and oxygen atoms in total. The van der Waals surface area contributed by atoms with Crippen LogP contribution in [0, 0.1) is 0 Å². The highest BCUT2D eigenvalue weighted by molar-refractivity contribution is 6.31. The van der Waals surface area contributed by atoms with Crippen LogP contribution in [0.3, 0.4) is 0 Å². The van der Waals surface area contributed by atoms with Crippen LogP contribution >= 0.6 is 11.6 Å². The zero-order chi connectivity index (χ0) is 13.8. The van der Waals surface area contributed by atoms with Crippen molar-refractivity contribution in [1.82, 2.24) is 0 Å². The molecule has 2 rings (SSSR count). The molecule has 2 aromatic carbocycles. The van der Waals surface area contributed by atoms with Crippen LogP contribution in [0.25, 0.3) is 0 Å². The topological polar surface area (TPSA) is 44.5 Å². The van der Waals surface area contributed by atoms with Gasteiger partial charge in [-0.15, -0.1) is 0 Å². The third-order valence-corrected chi connectivity index (χ3v) is 3.34. The summed E-state index contributed by atoms with van der Waals surface area (Å²) in [7, 11) is 3.24. The Bertz CT molecular complexity index is 555. The maximum atomic E-state index is 6.23. The summed E-state index contributed by atoms with van der Waals surface area (Å²) in [5.41, 5.74) is 8.08. The van der Waals surface area contributed by atoms with Gasteiger partial charge in [-0.3, -0.25) is 0 Å². The first kappa shape index (κ1) is 13.7. The maximum Gasteiger partial charge on any atom is 0.120 e. The molecule has 1 unspecified atom stereocenters. The number of methoxy groups -OCH3 is 2. The minimum atomic E-state index is -0.274. The third kappa shape index (κ3) is 3.00. The van der Waals surface area contributed by atoms with Crippen LogP contribution in [0.5, 0.6) is 11.5 Å². The van der Waals surface area contributed by atoms with E-state index in [1.165, 1.54) is 0 Å². The second-order valence-electron chi connectivity index (χ2n) is 4.14. The summed E-state index contributed by atoms with van der Waals surface area (Å²) in [4.78, 5) is 0. The van der Waals surface area contributed by atoms with Gasteiger partial charge in [-0.05, 0) is 35.4 Å². The van der Waals surface area contributed by atoms with E-state index < -0.39 is 0 Å². The van der Waals surface area contributed by atoms with Crippen molar-refractivity contribution >= 4 is 11.6 Å². The molecule has 0 fully saturated rings. The quantitative estimate of drug-likeness (QED) is 0.931. The fourth-order valence-electron chi connectivity index (χ4n) is 1.88. The summed E-state index contributed by atoms with van der Waals surface area (Å²) in [6.07, 6.45) is 0. The zero-order valence-corrected chi connectivity index (χ0v) is 11.6. The van der Waals surface area contributed by atoms with Crippen molar-refractivity contribution in [2.45, 2.75) is 6.04 Å². The Balaban J connectivity index is 2.29. The number of halogens is 1. The molecule has 0 saturated carbocycles. The standard InChI is InChI=1S/C15H16ClNO2/c1-18-11-5-3-10(4-6-11)15(17)13-8-7-12(19-2)9-14(13)16/h3-9,15H,17H2,1-2H3. The van der Waals surface area contributed by atoms with E-state index in [2.05, 4.69) is 0 Å². The lowest BCUT2D eigenvalue weighted by molar-refractivity contribution is 0.414. The van der Waals surface area contributed by atoms with Crippen molar-refractivity contribution in [2.75, 3.05) is 14.2 Å². The van der Waals surface area contributed by atoms with Crippen molar-refractivity contribution < 1.29 is 9.47 Å². The van der Waals surface area contributed by atoms with E-state index in [0.717, 1.165) is 22.6 Å². The normalized spacial score (nSPS) is 12.0. The summed E-state index contributed by atoms with van der Waals surface area (Å²) in [6.45, 7) is 0. The minimum absolute atomic E-state index is 0.274. The molecular formula is C15H16ClNO2. The van der Waals surface area contributed by atoms with Gasteiger partial charge in [0.15, 0.2) is 0 Å². The molecule has 0 aliphatic rings. The average molecular weight is 278 g/mol. The van der Waals surface area contributed by atoms with Gasteiger partial charge in [0.05, 0.1) is 20.3 Å². The van der Waals surface area contributed by atoms with E-state index in [0.29, 0.717) is 5.02 Å². The Morgan fingerprint density at radius 1 is 0.947 bits per heavy atom. The molecule has 2 N–H and O–H groups in total. The third-order valence-electron chi connectivity index (χ3n) is 3.02. The first-order valence-corrected chi connectivity index (χ1v) is 6.26. The van der Waals surface area contributed by atoms with Crippen LogP contribution < -0.4 is 15.2 Å². The van der Waals surface area contributed by atoms with Crippen LogP contribution in [0.4, 0.5) is 0 Å². The van der Waals surface area contributed by atoms with Gasteiger partial charge >= 0.3 is 0 Å². The van der Waals surface area contributed by atoms with Crippen LogP contribution in [0.1, 0.15) is 17.2 Å². The van der Waals surface area contributed by atoms with Gasteiger partial charge in [-0.25, -0.2) is 0 Å². The van der Waals surface area contributed by atoms with E-state index >= 15 is 0 Å². The molecule has 0 bridgehead atoms. The fourth-order valence-corrected chi connectivity index (χ4v) is 2.17. The number of benzene rings is 2. The SMILES string of the molecule is COc1ccc(C(N)c2ccc(OC)cc2Cl)cc1. The van der Waals surface area contributed by atoms with Gasteiger partial charge in [0.2, 0.25) is 0 Å².